The minimum atomic E-state index is -0.106. The van der Waals surface area contributed by atoms with E-state index in [1.54, 1.807) is 13.0 Å². The monoisotopic (exact) mass is 193 g/mol. The topological polar surface area (TPSA) is 3.24 Å². The van der Waals surface area contributed by atoms with Crippen LogP contribution >= 0.6 is 0 Å². The van der Waals surface area contributed by atoms with Crippen LogP contribution in [0.15, 0.2) is 18.2 Å². The molecule has 0 unspecified atom stereocenters. The van der Waals surface area contributed by atoms with Gasteiger partial charge >= 0.3 is 0 Å². The average molecular weight is 193 g/mol. The molecule has 0 aromatic heterocycles. The lowest BCUT2D eigenvalue weighted by atomic mass is 10.2. The van der Waals surface area contributed by atoms with Crippen molar-refractivity contribution >= 4 is 5.69 Å². The molecule has 1 saturated carbocycles. The lowest BCUT2D eigenvalue weighted by molar-refractivity contribution is 0.617. The highest BCUT2D eigenvalue weighted by Crippen LogP contribution is 2.31. The van der Waals surface area contributed by atoms with E-state index in [0.29, 0.717) is 5.56 Å². The van der Waals surface area contributed by atoms with E-state index in [2.05, 4.69) is 4.90 Å². The predicted octanol–water partition coefficient (Wildman–Crippen LogP) is 2.98. The third kappa shape index (κ3) is 2.06. The van der Waals surface area contributed by atoms with E-state index < -0.39 is 0 Å². The van der Waals surface area contributed by atoms with Crippen molar-refractivity contribution in [3.8, 4) is 0 Å². The van der Waals surface area contributed by atoms with Gasteiger partial charge in [0.1, 0.15) is 5.82 Å². The van der Waals surface area contributed by atoms with E-state index in [9.17, 15) is 4.39 Å². The standard InChI is InChI=1S/C12H16FN/c1-9-3-6-11(7-12(9)13)14(2)8-10-4-5-10/h3,6-7,10H,4-5,8H2,1-2H3. The lowest BCUT2D eigenvalue weighted by Gasteiger charge is -2.19. The summed E-state index contributed by atoms with van der Waals surface area (Å²) in [7, 11) is 2.03. The molecule has 1 fully saturated rings. The summed E-state index contributed by atoms with van der Waals surface area (Å²) in [5.41, 5.74) is 1.70. The Morgan fingerprint density at radius 2 is 2.14 bits per heavy atom. The van der Waals surface area contributed by atoms with Crippen molar-refractivity contribution in [1.29, 1.82) is 0 Å². The second-order valence-corrected chi connectivity index (χ2v) is 4.26. The zero-order valence-corrected chi connectivity index (χ0v) is 8.76. The van der Waals surface area contributed by atoms with Crippen LogP contribution in [0.3, 0.4) is 0 Å². The molecule has 0 heterocycles. The van der Waals surface area contributed by atoms with Crippen LogP contribution in [0.4, 0.5) is 10.1 Å². The zero-order chi connectivity index (χ0) is 10.1. The van der Waals surface area contributed by atoms with Crippen molar-refractivity contribution in [2.75, 3.05) is 18.5 Å². The van der Waals surface area contributed by atoms with Crippen molar-refractivity contribution in [1.82, 2.24) is 0 Å². The van der Waals surface area contributed by atoms with Crippen molar-refractivity contribution in [3.05, 3.63) is 29.6 Å². The van der Waals surface area contributed by atoms with Crippen molar-refractivity contribution in [2.45, 2.75) is 19.8 Å². The van der Waals surface area contributed by atoms with E-state index in [0.717, 1.165) is 18.2 Å². The van der Waals surface area contributed by atoms with Crippen LogP contribution < -0.4 is 4.90 Å². The molecule has 1 aromatic carbocycles. The molecule has 2 rings (SSSR count). The van der Waals surface area contributed by atoms with Crippen LogP contribution in [0.25, 0.3) is 0 Å². The first-order chi connectivity index (χ1) is 6.66. The van der Waals surface area contributed by atoms with Crippen LogP contribution in [-0.2, 0) is 0 Å². The van der Waals surface area contributed by atoms with Gasteiger partial charge in [-0.05, 0) is 43.4 Å². The zero-order valence-electron chi connectivity index (χ0n) is 8.76. The molecule has 2 heteroatoms. The number of aryl methyl sites for hydroxylation is 1. The highest BCUT2D eigenvalue weighted by atomic mass is 19.1. The highest BCUT2D eigenvalue weighted by molar-refractivity contribution is 5.47. The number of nitrogens with zero attached hydrogens (tertiary/aromatic N) is 1. The molecule has 0 aliphatic heterocycles. The fourth-order valence-electron chi connectivity index (χ4n) is 1.61. The number of benzene rings is 1. The third-order valence-electron chi connectivity index (χ3n) is 2.83. The van der Waals surface area contributed by atoms with E-state index in [1.807, 2.05) is 19.2 Å². The quantitative estimate of drug-likeness (QED) is 0.713. The van der Waals surface area contributed by atoms with Gasteiger partial charge in [0, 0.05) is 19.3 Å². The first-order valence-corrected chi connectivity index (χ1v) is 5.14. The van der Waals surface area contributed by atoms with Gasteiger partial charge in [-0.25, -0.2) is 4.39 Å². The summed E-state index contributed by atoms with van der Waals surface area (Å²) in [6, 6.07) is 5.45. The van der Waals surface area contributed by atoms with Crippen LogP contribution in [0.5, 0.6) is 0 Å². The van der Waals surface area contributed by atoms with Crippen LogP contribution in [0.1, 0.15) is 18.4 Å². The van der Waals surface area contributed by atoms with E-state index in [1.165, 1.54) is 12.8 Å². The van der Waals surface area contributed by atoms with Gasteiger partial charge in [0.25, 0.3) is 0 Å². The molecular formula is C12H16FN. The minimum absolute atomic E-state index is 0.106. The average Bonchev–Trinajstić information content (AvgIpc) is 2.93. The molecule has 0 radical (unpaired) electrons. The first-order valence-electron chi connectivity index (χ1n) is 5.14. The molecule has 1 aliphatic rings. The van der Waals surface area contributed by atoms with Gasteiger partial charge in [-0.3, -0.25) is 0 Å². The maximum atomic E-state index is 13.3. The lowest BCUT2D eigenvalue weighted by Crippen LogP contribution is -2.19. The molecule has 0 spiro atoms. The van der Waals surface area contributed by atoms with Gasteiger partial charge in [-0.2, -0.15) is 0 Å². The molecule has 0 bridgehead atoms. The molecule has 1 nitrogen and oxygen atoms in total. The van der Waals surface area contributed by atoms with E-state index in [-0.39, 0.29) is 5.82 Å². The van der Waals surface area contributed by atoms with Crippen molar-refractivity contribution in [2.24, 2.45) is 5.92 Å². The van der Waals surface area contributed by atoms with Crippen LogP contribution in [0.2, 0.25) is 0 Å². The largest absolute Gasteiger partial charge is 0.374 e. The molecule has 0 N–H and O–H groups in total. The van der Waals surface area contributed by atoms with Crippen molar-refractivity contribution in [3.63, 3.8) is 0 Å². The molecule has 0 atom stereocenters. The molecular weight excluding hydrogens is 177 g/mol. The summed E-state index contributed by atoms with van der Waals surface area (Å²) >= 11 is 0. The van der Waals surface area contributed by atoms with Gasteiger partial charge in [-0.1, -0.05) is 6.07 Å². The van der Waals surface area contributed by atoms with E-state index in [4.69, 9.17) is 0 Å². The maximum absolute atomic E-state index is 13.3. The van der Waals surface area contributed by atoms with Gasteiger partial charge in [0.05, 0.1) is 0 Å². The molecule has 14 heavy (non-hydrogen) atoms. The number of anilines is 1. The minimum Gasteiger partial charge on any atom is -0.374 e. The summed E-state index contributed by atoms with van der Waals surface area (Å²) in [6.07, 6.45) is 2.66. The summed E-state index contributed by atoms with van der Waals surface area (Å²) in [5, 5.41) is 0. The van der Waals surface area contributed by atoms with Crippen molar-refractivity contribution < 1.29 is 4.39 Å². The van der Waals surface area contributed by atoms with Gasteiger partial charge in [-0.15, -0.1) is 0 Å². The SMILES string of the molecule is Cc1ccc(N(C)CC2CC2)cc1F. The second kappa shape index (κ2) is 3.60. The Morgan fingerprint density at radius 3 is 2.71 bits per heavy atom. The molecule has 76 valence electrons. The summed E-state index contributed by atoms with van der Waals surface area (Å²) in [5.74, 6) is 0.731. The number of rotatable bonds is 3. The smallest absolute Gasteiger partial charge is 0.128 e. The van der Waals surface area contributed by atoms with E-state index >= 15 is 0 Å². The summed E-state index contributed by atoms with van der Waals surface area (Å²) in [6.45, 7) is 2.85. The number of hydrogen-bond donors (Lipinski definition) is 0. The third-order valence-corrected chi connectivity index (χ3v) is 2.83. The Balaban J connectivity index is 2.10. The number of hydrogen-bond acceptors (Lipinski definition) is 1. The Labute approximate surface area is 84.5 Å². The van der Waals surface area contributed by atoms with Gasteiger partial charge in [0.15, 0.2) is 0 Å². The summed E-state index contributed by atoms with van der Waals surface area (Å²) < 4.78 is 13.3. The Hall–Kier alpha value is -1.05. The predicted molar refractivity (Wildman–Crippen MR) is 57.1 cm³/mol. The fraction of sp³-hybridized carbons (Fsp3) is 0.500. The normalized spacial score (nSPS) is 15.6. The molecule has 0 saturated heterocycles. The Morgan fingerprint density at radius 1 is 1.43 bits per heavy atom. The van der Waals surface area contributed by atoms with Crippen LogP contribution in [0, 0.1) is 18.7 Å². The van der Waals surface area contributed by atoms with Gasteiger partial charge < -0.3 is 4.90 Å². The van der Waals surface area contributed by atoms with Crippen LogP contribution in [-0.4, -0.2) is 13.6 Å². The molecule has 1 aliphatic carbocycles. The second-order valence-electron chi connectivity index (χ2n) is 4.26. The molecule has 0 amide bonds. The summed E-state index contributed by atoms with van der Waals surface area (Å²) in [4.78, 5) is 2.14. The highest BCUT2D eigenvalue weighted by Gasteiger charge is 2.23. The van der Waals surface area contributed by atoms with Gasteiger partial charge in [0.2, 0.25) is 0 Å². The Bertz CT molecular complexity index is 331. The number of halogens is 1. The molecule has 1 aromatic rings. The maximum Gasteiger partial charge on any atom is 0.128 e. The first kappa shape index (κ1) is 9.50. The Kier molecular flexibility index (Phi) is 2.44. The fourth-order valence-corrected chi connectivity index (χ4v) is 1.61.